The molecule has 0 spiro atoms. The summed E-state index contributed by atoms with van der Waals surface area (Å²) in [6.07, 6.45) is 5.70. The van der Waals surface area contributed by atoms with Crippen LogP contribution in [0.2, 0.25) is 0 Å². The Morgan fingerprint density at radius 3 is 2.92 bits per heavy atom. The summed E-state index contributed by atoms with van der Waals surface area (Å²) in [5.74, 6) is 0.0541. The molecule has 0 unspecified atom stereocenters. The van der Waals surface area contributed by atoms with Gasteiger partial charge in [0.2, 0.25) is 5.91 Å². The SMILES string of the molecule is CC(C)c1[nH]ncc1C(=O)N1CC[C@@](C)(NC(=O)Cn2cccn2)C1. The van der Waals surface area contributed by atoms with E-state index in [1.165, 1.54) is 0 Å². The van der Waals surface area contributed by atoms with Crippen LogP contribution in [0.5, 0.6) is 0 Å². The molecule has 0 aromatic carbocycles. The number of rotatable bonds is 5. The molecule has 3 rings (SSSR count). The first-order chi connectivity index (χ1) is 11.9. The van der Waals surface area contributed by atoms with Crippen LogP contribution in [0.4, 0.5) is 0 Å². The first kappa shape index (κ1) is 17.2. The topological polar surface area (TPSA) is 95.9 Å². The average molecular weight is 344 g/mol. The average Bonchev–Trinajstić information content (AvgIpc) is 3.26. The second-order valence-electron chi connectivity index (χ2n) is 7.14. The molecule has 0 bridgehead atoms. The van der Waals surface area contributed by atoms with Crippen molar-refractivity contribution in [2.75, 3.05) is 13.1 Å². The first-order valence-electron chi connectivity index (χ1n) is 8.49. The Bertz CT molecular complexity index is 751. The van der Waals surface area contributed by atoms with Gasteiger partial charge in [0.15, 0.2) is 0 Å². The number of hydrogen-bond acceptors (Lipinski definition) is 4. The van der Waals surface area contributed by atoms with E-state index in [0.29, 0.717) is 18.7 Å². The van der Waals surface area contributed by atoms with Crippen molar-refractivity contribution in [1.29, 1.82) is 0 Å². The highest BCUT2D eigenvalue weighted by atomic mass is 16.2. The fraction of sp³-hybridized carbons (Fsp3) is 0.529. The largest absolute Gasteiger partial charge is 0.347 e. The number of aromatic nitrogens is 4. The highest BCUT2D eigenvalue weighted by Crippen LogP contribution is 2.25. The Kier molecular flexibility index (Phi) is 4.61. The normalized spacial score (nSPS) is 20.2. The molecule has 0 saturated carbocycles. The first-order valence-corrected chi connectivity index (χ1v) is 8.49. The van der Waals surface area contributed by atoms with E-state index in [4.69, 9.17) is 0 Å². The number of likely N-dealkylation sites (tertiary alicyclic amines) is 1. The lowest BCUT2D eigenvalue weighted by Crippen LogP contribution is -2.49. The lowest BCUT2D eigenvalue weighted by atomic mass is 10.0. The maximum Gasteiger partial charge on any atom is 0.257 e. The number of hydrogen-bond donors (Lipinski definition) is 2. The van der Waals surface area contributed by atoms with Crippen LogP contribution in [0.25, 0.3) is 0 Å². The molecule has 1 fully saturated rings. The maximum absolute atomic E-state index is 12.8. The fourth-order valence-corrected chi connectivity index (χ4v) is 3.23. The van der Waals surface area contributed by atoms with Crippen LogP contribution >= 0.6 is 0 Å². The van der Waals surface area contributed by atoms with Crippen molar-refractivity contribution < 1.29 is 9.59 Å². The molecule has 2 aromatic rings. The molecule has 2 amide bonds. The maximum atomic E-state index is 12.8. The Hall–Kier alpha value is -2.64. The molecule has 0 radical (unpaired) electrons. The van der Waals surface area contributed by atoms with Gasteiger partial charge in [-0.15, -0.1) is 0 Å². The molecule has 1 atom stereocenters. The van der Waals surface area contributed by atoms with E-state index >= 15 is 0 Å². The molecule has 1 aliphatic heterocycles. The fourth-order valence-electron chi connectivity index (χ4n) is 3.23. The minimum atomic E-state index is -0.429. The van der Waals surface area contributed by atoms with Gasteiger partial charge in [-0.25, -0.2) is 0 Å². The summed E-state index contributed by atoms with van der Waals surface area (Å²) in [4.78, 5) is 26.8. The summed E-state index contributed by atoms with van der Waals surface area (Å²) >= 11 is 0. The van der Waals surface area contributed by atoms with E-state index < -0.39 is 5.54 Å². The predicted molar refractivity (Wildman–Crippen MR) is 92.0 cm³/mol. The van der Waals surface area contributed by atoms with Crippen LogP contribution in [0.3, 0.4) is 0 Å². The van der Waals surface area contributed by atoms with Crippen molar-refractivity contribution >= 4 is 11.8 Å². The van der Waals surface area contributed by atoms with Crippen molar-refractivity contribution in [3.8, 4) is 0 Å². The minimum Gasteiger partial charge on any atom is -0.347 e. The van der Waals surface area contributed by atoms with Crippen molar-refractivity contribution in [2.24, 2.45) is 0 Å². The number of amides is 2. The summed E-state index contributed by atoms with van der Waals surface area (Å²) in [7, 11) is 0. The van der Waals surface area contributed by atoms with Crippen LogP contribution in [0.1, 0.15) is 49.2 Å². The lowest BCUT2D eigenvalue weighted by Gasteiger charge is -2.26. The second-order valence-corrected chi connectivity index (χ2v) is 7.14. The summed E-state index contributed by atoms with van der Waals surface area (Å²) in [6, 6.07) is 1.78. The quantitative estimate of drug-likeness (QED) is 0.850. The second kappa shape index (κ2) is 6.70. The molecule has 2 N–H and O–H groups in total. The molecule has 1 aliphatic rings. The van der Waals surface area contributed by atoms with E-state index in [9.17, 15) is 9.59 Å². The number of nitrogens with zero attached hydrogens (tertiary/aromatic N) is 4. The van der Waals surface area contributed by atoms with Gasteiger partial charge in [-0.1, -0.05) is 13.8 Å². The monoisotopic (exact) mass is 344 g/mol. The third kappa shape index (κ3) is 3.72. The molecule has 8 heteroatoms. The van der Waals surface area contributed by atoms with Crippen LogP contribution in [-0.2, 0) is 11.3 Å². The predicted octanol–water partition coefficient (Wildman–Crippen LogP) is 1.15. The highest BCUT2D eigenvalue weighted by Gasteiger charge is 2.38. The molecule has 0 aliphatic carbocycles. The van der Waals surface area contributed by atoms with Crippen LogP contribution in [0.15, 0.2) is 24.7 Å². The third-order valence-corrected chi connectivity index (χ3v) is 4.54. The van der Waals surface area contributed by atoms with Crippen molar-refractivity contribution in [3.63, 3.8) is 0 Å². The van der Waals surface area contributed by atoms with Crippen molar-refractivity contribution in [1.82, 2.24) is 30.2 Å². The third-order valence-electron chi connectivity index (χ3n) is 4.54. The molecule has 25 heavy (non-hydrogen) atoms. The number of aromatic amines is 1. The van der Waals surface area contributed by atoms with Crippen LogP contribution in [0, 0.1) is 0 Å². The van der Waals surface area contributed by atoms with E-state index in [2.05, 4.69) is 20.6 Å². The van der Waals surface area contributed by atoms with Gasteiger partial charge < -0.3 is 10.2 Å². The standard InChI is InChI=1S/C17H24N6O2/c1-12(2)15-13(9-18-21-15)16(25)22-8-5-17(3,11-22)20-14(24)10-23-7-4-6-19-23/h4,6-7,9,12H,5,8,10-11H2,1-3H3,(H,18,21)(H,20,24)/t17-/m1/s1. The van der Waals surface area contributed by atoms with Gasteiger partial charge >= 0.3 is 0 Å². The molecule has 1 saturated heterocycles. The van der Waals surface area contributed by atoms with E-state index in [1.807, 2.05) is 20.8 Å². The van der Waals surface area contributed by atoms with E-state index in [1.54, 1.807) is 34.2 Å². The molecular weight excluding hydrogens is 320 g/mol. The van der Waals surface area contributed by atoms with Gasteiger partial charge in [0, 0.05) is 25.5 Å². The Morgan fingerprint density at radius 1 is 1.44 bits per heavy atom. The smallest absolute Gasteiger partial charge is 0.257 e. The summed E-state index contributed by atoms with van der Waals surface area (Å²) < 4.78 is 1.58. The Labute approximate surface area is 146 Å². The zero-order valence-electron chi connectivity index (χ0n) is 14.8. The van der Waals surface area contributed by atoms with Gasteiger partial charge in [-0.2, -0.15) is 10.2 Å². The molecule has 3 heterocycles. The van der Waals surface area contributed by atoms with Crippen LogP contribution < -0.4 is 5.32 Å². The van der Waals surface area contributed by atoms with Crippen molar-refractivity contribution in [2.45, 2.75) is 45.2 Å². The number of carbonyl (C=O) groups is 2. The van der Waals surface area contributed by atoms with Crippen molar-refractivity contribution in [3.05, 3.63) is 35.9 Å². The van der Waals surface area contributed by atoms with Gasteiger partial charge in [0.1, 0.15) is 6.54 Å². The lowest BCUT2D eigenvalue weighted by molar-refractivity contribution is -0.123. The van der Waals surface area contributed by atoms with E-state index in [-0.39, 0.29) is 24.3 Å². The van der Waals surface area contributed by atoms with Gasteiger partial charge in [0.25, 0.3) is 5.91 Å². The minimum absolute atomic E-state index is 0.0394. The van der Waals surface area contributed by atoms with E-state index in [0.717, 1.165) is 12.1 Å². The zero-order valence-corrected chi connectivity index (χ0v) is 14.8. The molecule has 134 valence electrons. The molecule has 8 nitrogen and oxygen atoms in total. The highest BCUT2D eigenvalue weighted by molar-refractivity contribution is 5.95. The van der Waals surface area contributed by atoms with Gasteiger partial charge in [-0.05, 0) is 25.3 Å². The molecular formula is C17H24N6O2. The molecule has 2 aromatic heterocycles. The number of H-pyrrole nitrogens is 1. The van der Waals surface area contributed by atoms with Gasteiger partial charge in [0.05, 0.1) is 23.0 Å². The van der Waals surface area contributed by atoms with Gasteiger partial charge in [-0.3, -0.25) is 19.4 Å². The summed E-state index contributed by atoms with van der Waals surface area (Å²) in [5.41, 5.74) is 1.03. The number of nitrogens with one attached hydrogen (secondary N) is 2. The zero-order chi connectivity index (χ0) is 18.0. The summed E-state index contributed by atoms with van der Waals surface area (Å²) in [6.45, 7) is 7.29. The Morgan fingerprint density at radius 2 is 2.24 bits per heavy atom. The Balaban J connectivity index is 1.62. The number of carbonyl (C=O) groups excluding carboxylic acids is 2. The summed E-state index contributed by atoms with van der Waals surface area (Å²) in [5, 5.41) is 14.0. The van der Waals surface area contributed by atoms with Crippen LogP contribution in [-0.4, -0.2) is 55.3 Å².